The topological polar surface area (TPSA) is 64.0 Å². The maximum absolute atomic E-state index is 12.4. The summed E-state index contributed by atoms with van der Waals surface area (Å²) in [6.45, 7) is 1.60. The minimum atomic E-state index is -4.48. The molecule has 0 unspecified atom stereocenters. The number of thiazole rings is 1. The van der Waals surface area contributed by atoms with Crippen LogP contribution in [0.1, 0.15) is 20.9 Å². The first-order valence-corrected chi connectivity index (χ1v) is 6.53. The highest BCUT2D eigenvalue weighted by molar-refractivity contribution is 7.11. The Bertz CT molecular complexity index is 732. The molecule has 2 rings (SSSR count). The van der Waals surface area contributed by atoms with E-state index >= 15 is 0 Å². The van der Waals surface area contributed by atoms with E-state index in [2.05, 4.69) is 10.3 Å². The van der Waals surface area contributed by atoms with Gasteiger partial charge in [0.25, 0.3) is 5.91 Å². The number of halogens is 3. The highest BCUT2D eigenvalue weighted by Gasteiger charge is 2.30. The van der Waals surface area contributed by atoms with E-state index in [1.807, 2.05) is 0 Å². The Morgan fingerprint density at radius 1 is 1.38 bits per heavy atom. The van der Waals surface area contributed by atoms with Crippen molar-refractivity contribution in [3.8, 4) is 0 Å². The molecule has 5 nitrogen and oxygen atoms in total. The van der Waals surface area contributed by atoms with Gasteiger partial charge in [-0.05, 0) is 19.1 Å². The quantitative estimate of drug-likeness (QED) is 0.925. The van der Waals surface area contributed by atoms with Crippen LogP contribution in [0.4, 0.5) is 19.0 Å². The van der Waals surface area contributed by atoms with Crippen molar-refractivity contribution in [2.75, 3.05) is 5.32 Å². The van der Waals surface area contributed by atoms with Gasteiger partial charge < -0.3 is 9.88 Å². The Balaban J connectivity index is 2.20. The number of carbonyl (C=O) groups excluding carboxylic acids is 1. The maximum atomic E-state index is 12.4. The fourth-order valence-electron chi connectivity index (χ4n) is 1.54. The molecule has 1 amide bonds. The number of anilines is 1. The second-order valence-electron chi connectivity index (χ2n) is 4.23. The number of nitrogens with zero attached hydrogens (tertiary/aromatic N) is 2. The number of pyridine rings is 1. The summed E-state index contributed by atoms with van der Waals surface area (Å²) < 4.78 is 38.5. The average Bonchev–Trinajstić information content (AvgIpc) is 2.66. The Kier molecular flexibility index (Phi) is 3.86. The summed E-state index contributed by atoms with van der Waals surface area (Å²) in [5.41, 5.74) is -0.421. The van der Waals surface area contributed by atoms with Crippen LogP contribution in [-0.2, 0) is 13.2 Å². The molecule has 0 radical (unpaired) electrons. The average molecular weight is 317 g/mol. The van der Waals surface area contributed by atoms with Crippen LogP contribution in [0.2, 0.25) is 0 Å². The molecule has 2 heterocycles. The molecule has 21 heavy (non-hydrogen) atoms. The zero-order chi connectivity index (χ0) is 15.8. The molecular weight excluding hydrogens is 307 g/mol. The SMILES string of the molecule is Cc1c(C(=O)Nc2ccc(C(F)(F)F)cn2)sc(=O)n1C. The first-order chi connectivity index (χ1) is 9.70. The van der Waals surface area contributed by atoms with Crippen LogP contribution in [0.25, 0.3) is 0 Å². The highest BCUT2D eigenvalue weighted by Crippen LogP contribution is 2.28. The van der Waals surface area contributed by atoms with E-state index < -0.39 is 17.6 Å². The molecule has 1 N–H and O–H groups in total. The lowest BCUT2D eigenvalue weighted by molar-refractivity contribution is -0.137. The van der Waals surface area contributed by atoms with Gasteiger partial charge in [-0.3, -0.25) is 9.59 Å². The lowest BCUT2D eigenvalue weighted by Crippen LogP contribution is -2.14. The summed E-state index contributed by atoms with van der Waals surface area (Å²) in [5.74, 6) is -0.599. The lowest BCUT2D eigenvalue weighted by Gasteiger charge is -2.07. The van der Waals surface area contributed by atoms with Gasteiger partial charge in [0.1, 0.15) is 10.7 Å². The molecule has 0 bridgehead atoms. The third-order valence-electron chi connectivity index (χ3n) is 2.83. The molecule has 0 aromatic carbocycles. The van der Waals surface area contributed by atoms with Gasteiger partial charge in [0.2, 0.25) is 0 Å². The van der Waals surface area contributed by atoms with Gasteiger partial charge in [0, 0.05) is 18.9 Å². The molecule has 0 aliphatic carbocycles. The molecule has 0 aliphatic rings. The normalized spacial score (nSPS) is 11.5. The van der Waals surface area contributed by atoms with Gasteiger partial charge in [0.05, 0.1) is 5.56 Å². The van der Waals surface area contributed by atoms with E-state index in [9.17, 15) is 22.8 Å². The number of rotatable bonds is 2. The number of carbonyl (C=O) groups is 1. The maximum Gasteiger partial charge on any atom is 0.417 e. The second kappa shape index (κ2) is 5.32. The fourth-order valence-corrected chi connectivity index (χ4v) is 2.41. The van der Waals surface area contributed by atoms with Crippen molar-refractivity contribution in [2.45, 2.75) is 13.1 Å². The molecule has 0 aliphatic heterocycles. The van der Waals surface area contributed by atoms with Gasteiger partial charge in [-0.2, -0.15) is 13.2 Å². The van der Waals surface area contributed by atoms with E-state index in [0.29, 0.717) is 11.9 Å². The van der Waals surface area contributed by atoms with Crippen LogP contribution < -0.4 is 10.2 Å². The monoisotopic (exact) mass is 317 g/mol. The number of amides is 1. The smallest absolute Gasteiger partial charge is 0.306 e. The third-order valence-corrected chi connectivity index (χ3v) is 3.97. The predicted molar refractivity (Wildman–Crippen MR) is 71.5 cm³/mol. The number of aromatic nitrogens is 2. The highest BCUT2D eigenvalue weighted by atomic mass is 32.1. The first kappa shape index (κ1) is 15.2. The fraction of sp³-hybridized carbons (Fsp3) is 0.250. The van der Waals surface area contributed by atoms with Crippen LogP contribution in [0.15, 0.2) is 23.1 Å². The number of alkyl halides is 3. The zero-order valence-corrected chi connectivity index (χ0v) is 11.8. The van der Waals surface area contributed by atoms with Gasteiger partial charge in [-0.25, -0.2) is 4.98 Å². The van der Waals surface area contributed by atoms with Crippen LogP contribution in [0.5, 0.6) is 0 Å². The van der Waals surface area contributed by atoms with Crippen molar-refractivity contribution >= 4 is 23.1 Å². The summed E-state index contributed by atoms with van der Waals surface area (Å²) in [5, 5.41) is 2.36. The minimum absolute atomic E-state index is 0.0177. The summed E-state index contributed by atoms with van der Waals surface area (Å²) in [4.78, 5) is 26.8. The molecule has 0 saturated carbocycles. The van der Waals surface area contributed by atoms with Crippen LogP contribution in [0.3, 0.4) is 0 Å². The standard InChI is InChI=1S/C12H10F3N3O2S/c1-6-9(21-11(20)18(6)2)10(19)17-8-4-3-7(5-16-8)12(13,14)15/h3-5H,1-2H3,(H,16,17,19). The lowest BCUT2D eigenvalue weighted by atomic mass is 10.3. The summed E-state index contributed by atoms with van der Waals surface area (Å²) in [7, 11) is 1.53. The number of hydrogen-bond donors (Lipinski definition) is 1. The second-order valence-corrected chi connectivity index (χ2v) is 5.19. The summed E-state index contributed by atoms with van der Waals surface area (Å²) in [6, 6.07) is 1.88. The van der Waals surface area contributed by atoms with Crippen molar-refractivity contribution in [1.29, 1.82) is 0 Å². The van der Waals surface area contributed by atoms with E-state index in [4.69, 9.17) is 0 Å². The van der Waals surface area contributed by atoms with Crippen LogP contribution in [0, 0.1) is 6.92 Å². The summed E-state index contributed by atoms with van der Waals surface area (Å²) >= 11 is 0.763. The third kappa shape index (κ3) is 3.13. The van der Waals surface area contributed by atoms with Crippen LogP contribution >= 0.6 is 11.3 Å². The van der Waals surface area contributed by atoms with E-state index in [1.165, 1.54) is 11.6 Å². The molecule has 0 atom stereocenters. The molecule has 0 saturated heterocycles. The van der Waals surface area contributed by atoms with Crippen molar-refractivity contribution in [1.82, 2.24) is 9.55 Å². The Morgan fingerprint density at radius 2 is 2.05 bits per heavy atom. The molecule has 0 fully saturated rings. The zero-order valence-electron chi connectivity index (χ0n) is 11.0. The van der Waals surface area contributed by atoms with E-state index in [1.54, 1.807) is 6.92 Å². The number of nitrogens with one attached hydrogen (secondary N) is 1. The largest absolute Gasteiger partial charge is 0.417 e. The van der Waals surface area contributed by atoms with Crippen molar-refractivity contribution < 1.29 is 18.0 Å². The minimum Gasteiger partial charge on any atom is -0.306 e. The Labute approximate surface area is 121 Å². The molecule has 9 heteroatoms. The summed E-state index contributed by atoms with van der Waals surface area (Å²) in [6.07, 6.45) is -3.85. The Morgan fingerprint density at radius 3 is 2.48 bits per heavy atom. The van der Waals surface area contributed by atoms with Gasteiger partial charge in [-0.1, -0.05) is 11.3 Å². The molecule has 112 valence electrons. The molecular formula is C12H10F3N3O2S. The molecule has 2 aromatic rings. The van der Waals surface area contributed by atoms with Crippen LogP contribution in [-0.4, -0.2) is 15.5 Å². The molecule has 2 aromatic heterocycles. The van der Waals surface area contributed by atoms with E-state index in [-0.39, 0.29) is 15.6 Å². The van der Waals surface area contributed by atoms with Gasteiger partial charge in [0.15, 0.2) is 0 Å². The van der Waals surface area contributed by atoms with Crippen molar-refractivity contribution in [3.05, 3.63) is 44.1 Å². The van der Waals surface area contributed by atoms with E-state index in [0.717, 1.165) is 23.5 Å². The Hall–Kier alpha value is -2.16. The molecule has 0 spiro atoms. The number of hydrogen-bond acceptors (Lipinski definition) is 4. The van der Waals surface area contributed by atoms with Crippen molar-refractivity contribution in [2.24, 2.45) is 7.05 Å². The van der Waals surface area contributed by atoms with Gasteiger partial charge >= 0.3 is 11.0 Å². The van der Waals surface area contributed by atoms with Crippen molar-refractivity contribution in [3.63, 3.8) is 0 Å². The first-order valence-electron chi connectivity index (χ1n) is 5.71. The van der Waals surface area contributed by atoms with Gasteiger partial charge in [-0.15, -0.1) is 0 Å². The predicted octanol–water partition coefficient (Wildman–Crippen LogP) is 2.42.